The maximum Gasteiger partial charge on any atom is 0.255 e. The highest BCUT2D eigenvalue weighted by Crippen LogP contribution is 2.24. The Morgan fingerprint density at radius 3 is 2.65 bits per heavy atom. The molecule has 0 atom stereocenters. The summed E-state index contributed by atoms with van der Waals surface area (Å²) in [6.45, 7) is 6.76. The lowest BCUT2D eigenvalue weighted by Gasteiger charge is -2.26. The Hall–Kier alpha value is -1.22. The summed E-state index contributed by atoms with van der Waals surface area (Å²) in [5.41, 5.74) is 6.63. The third-order valence-electron chi connectivity index (χ3n) is 2.61. The normalized spacial score (nSPS) is 10.6. The van der Waals surface area contributed by atoms with Crippen molar-refractivity contribution in [1.29, 1.82) is 0 Å². The fraction of sp³-hybridized carbons (Fsp3) is 0.462. The van der Waals surface area contributed by atoms with Crippen LogP contribution in [-0.2, 0) is 0 Å². The van der Waals surface area contributed by atoms with Crippen molar-refractivity contribution in [3.05, 3.63) is 28.8 Å². The Kier molecular flexibility index (Phi) is 4.82. The Labute approximate surface area is 108 Å². The third kappa shape index (κ3) is 3.13. The molecule has 0 spiro atoms. The van der Waals surface area contributed by atoms with Crippen LogP contribution in [0.5, 0.6) is 0 Å². The number of hydrogen-bond acceptors (Lipinski definition) is 2. The molecule has 0 saturated heterocycles. The van der Waals surface area contributed by atoms with Crippen molar-refractivity contribution in [2.24, 2.45) is 0 Å². The maximum absolute atomic E-state index is 12.3. The van der Waals surface area contributed by atoms with Gasteiger partial charge in [0.25, 0.3) is 5.91 Å². The van der Waals surface area contributed by atoms with Crippen LogP contribution in [0, 0.1) is 0 Å². The summed E-state index contributed by atoms with van der Waals surface area (Å²) < 4.78 is 0. The standard InChI is InChI=1S/C13H19ClN2O/c1-4-8-16(9(2)3)13(17)10-6-5-7-11(15)12(10)14/h5-7,9H,4,8,15H2,1-3H3. The summed E-state index contributed by atoms with van der Waals surface area (Å²) in [4.78, 5) is 14.1. The number of benzene rings is 1. The van der Waals surface area contributed by atoms with Crippen LogP contribution in [0.3, 0.4) is 0 Å². The van der Waals surface area contributed by atoms with E-state index in [-0.39, 0.29) is 11.9 Å². The van der Waals surface area contributed by atoms with Crippen LogP contribution in [0.4, 0.5) is 5.69 Å². The Balaban J connectivity index is 3.05. The van der Waals surface area contributed by atoms with Crippen LogP contribution in [0.1, 0.15) is 37.6 Å². The van der Waals surface area contributed by atoms with Gasteiger partial charge in [0, 0.05) is 12.6 Å². The molecule has 1 rings (SSSR count). The first-order valence-electron chi connectivity index (χ1n) is 5.84. The van der Waals surface area contributed by atoms with E-state index < -0.39 is 0 Å². The molecule has 94 valence electrons. The molecule has 0 aromatic heterocycles. The Bertz CT molecular complexity index is 404. The SMILES string of the molecule is CCCN(C(=O)c1cccc(N)c1Cl)C(C)C. The summed E-state index contributed by atoms with van der Waals surface area (Å²) in [5.74, 6) is -0.0563. The molecule has 0 radical (unpaired) electrons. The summed E-state index contributed by atoms with van der Waals surface area (Å²) in [7, 11) is 0. The minimum absolute atomic E-state index is 0.0563. The number of amides is 1. The minimum atomic E-state index is -0.0563. The van der Waals surface area contributed by atoms with E-state index >= 15 is 0 Å². The van der Waals surface area contributed by atoms with Crippen LogP contribution >= 0.6 is 11.6 Å². The lowest BCUT2D eigenvalue weighted by Crippen LogP contribution is -2.37. The number of nitrogens with zero attached hydrogens (tertiary/aromatic N) is 1. The van der Waals surface area contributed by atoms with Crippen molar-refractivity contribution < 1.29 is 4.79 Å². The molecule has 0 saturated carbocycles. The predicted molar refractivity (Wildman–Crippen MR) is 72.3 cm³/mol. The first kappa shape index (κ1) is 13.8. The second-order valence-electron chi connectivity index (χ2n) is 4.30. The zero-order valence-corrected chi connectivity index (χ0v) is 11.3. The van der Waals surface area contributed by atoms with Crippen LogP contribution in [0.2, 0.25) is 5.02 Å². The van der Waals surface area contributed by atoms with Gasteiger partial charge in [-0.15, -0.1) is 0 Å². The highest BCUT2D eigenvalue weighted by atomic mass is 35.5. The summed E-state index contributed by atoms with van der Waals surface area (Å²) in [6.07, 6.45) is 0.920. The van der Waals surface area contributed by atoms with E-state index in [2.05, 4.69) is 0 Å². The number of nitrogen functional groups attached to an aromatic ring is 1. The van der Waals surface area contributed by atoms with Crippen molar-refractivity contribution in [3.63, 3.8) is 0 Å². The molecule has 17 heavy (non-hydrogen) atoms. The second kappa shape index (κ2) is 5.92. The summed E-state index contributed by atoms with van der Waals surface area (Å²) in [5, 5.41) is 0.347. The largest absolute Gasteiger partial charge is 0.398 e. The molecule has 0 unspecified atom stereocenters. The molecule has 2 N–H and O–H groups in total. The molecule has 3 nitrogen and oxygen atoms in total. The predicted octanol–water partition coefficient (Wildman–Crippen LogP) is 3.18. The zero-order chi connectivity index (χ0) is 13.0. The molecule has 4 heteroatoms. The lowest BCUT2D eigenvalue weighted by molar-refractivity contribution is 0.0706. The van der Waals surface area contributed by atoms with E-state index in [1.54, 1.807) is 23.1 Å². The van der Waals surface area contributed by atoms with Crippen molar-refractivity contribution in [3.8, 4) is 0 Å². The van der Waals surface area contributed by atoms with E-state index in [0.29, 0.717) is 16.3 Å². The van der Waals surface area contributed by atoms with Crippen LogP contribution in [-0.4, -0.2) is 23.4 Å². The van der Waals surface area contributed by atoms with Crippen LogP contribution in [0.25, 0.3) is 0 Å². The maximum atomic E-state index is 12.3. The first-order chi connectivity index (χ1) is 7.99. The number of anilines is 1. The average molecular weight is 255 g/mol. The Morgan fingerprint density at radius 2 is 2.12 bits per heavy atom. The topological polar surface area (TPSA) is 46.3 Å². The fourth-order valence-electron chi connectivity index (χ4n) is 1.70. The monoisotopic (exact) mass is 254 g/mol. The quantitative estimate of drug-likeness (QED) is 0.839. The fourth-order valence-corrected chi connectivity index (χ4v) is 1.91. The number of halogens is 1. The van der Waals surface area contributed by atoms with Gasteiger partial charge in [-0.25, -0.2) is 0 Å². The third-order valence-corrected chi connectivity index (χ3v) is 3.03. The number of rotatable bonds is 4. The van der Waals surface area contributed by atoms with Crippen LogP contribution in [0.15, 0.2) is 18.2 Å². The van der Waals surface area contributed by atoms with Crippen molar-refractivity contribution >= 4 is 23.2 Å². The molecule has 0 bridgehead atoms. The highest BCUT2D eigenvalue weighted by molar-refractivity contribution is 6.36. The first-order valence-corrected chi connectivity index (χ1v) is 6.21. The molecule has 0 aliphatic rings. The van der Waals surface area contributed by atoms with Gasteiger partial charge >= 0.3 is 0 Å². The van der Waals surface area contributed by atoms with E-state index in [1.165, 1.54) is 0 Å². The lowest BCUT2D eigenvalue weighted by atomic mass is 10.1. The van der Waals surface area contributed by atoms with E-state index in [0.717, 1.165) is 13.0 Å². The van der Waals surface area contributed by atoms with Gasteiger partial charge in [0.15, 0.2) is 0 Å². The van der Waals surface area contributed by atoms with Gasteiger partial charge in [-0.2, -0.15) is 0 Å². The minimum Gasteiger partial charge on any atom is -0.398 e. The molecule has 0 aliphatic carbocycles. The molecule has 1 aromatic carbocycles. The number of carbonyl (C=O) groups is 1. The van der Waals surface area contributed by atoms with Gasteiger partial charge in [-0.3, -0.25) is 4.79 Å². The van der Waals surface area contributed by atoms with Gasteiger partial charge in [0.2, 0.25) is 0 Å². The summed E-state index contributed by atoms with van der Waals surface area (Å²) >= 11 is 6.06. The van der Waals surface area contributed by atoms with Gasteiger partial charge in [-0.05, 0) is 32.4 Å². The number of nitrogens with two attached hydrogens (primary N) is 1. The molecule has 0 aliphatic heterocycles. The zero-order valence-electron chi connectivity index (χ0n) is 10.5. The molecule has 0 heterocycles. The smallest absolute Gasteiger partial charge is 0.255 e. The molecule has 0 fully saturated rings. The van der Waals surface area contributed by atoms with Gasteiger partial charge in [0.05, 0.1) is 16.3 Å². The average Bonchev–Trinajstić information content (AvgIpc) is 2.28. The van der Waals surface area contributed by atoms with Gasteiger partial charge < -0.3 is 10.6 Å². The van der Waals surface area contributed by atoms with E-state index in [1.807, 2.05) is 20.8 Å². The number of hydrogen-bond donors (Lipinski definition) is 1. The Morgan fingerprint density at radius 1 is 1.47 bits per heavy atom. The van der Waals surface area contributed by atoms with Gasteiger partial charge in [0.1, 0.15) is 0 Å². The summed E-state index contributed by atoms with van der Waals surface area (Å²) in [6, 6.07) is 5.31. The van der Waals surface area contributed by atoms with Crippen molar-refractivity contribution in [2.75, 3.05) is 12.3 Å². The van der Waals surface area contributed by atoms with E-state index in [9.17, 15) is 4.79 Å². The van der Waals surface area contributed by atoms with Crippen molar-refractivity contribution in [1.82, 2.24) is 4.90 Å². The molecule has 1 amide bonds. The second-order valence-corrected chi connectivity index (χ2v) is 4.68. The highest BCUT2D eigenvalue weighted by Gasteiger charge is 2.20. The van der Waals surface area contributed by atoms with Crippen LogP contribution < -0.4 is 5.73 Å². The number of carbonyl (C=O) groups excluding carboxylic acids is 1. The molecular formula is C13H19ClN2O. The molecular weight excluding hydrogens is 236 g/mol. The molecule has 1 aromatic rings. The van der Waals surface area contributed by atoms with E-state index in [4.69, 9.17) is 17.3 Å². The van der Waals surface area contributed by atoms with Gasteiger partial charge in [-0.1, -0.05) is 24.6 Å². The van der Waals surface area contributed by atoms with Crippen molar-refractivity contribution in [2.45, 2.75) is 33.2 Å².